The number of aliphatic hydroxyl groups excluding tert-OH is 1. The largest absolute Gasteiger partial charge is 0.508 e. The molecule has 1 aliphatic rings. The topological polar surface area (TPSA) is 115 Å². The van der Waals surface area contributed by atoms with Crippen LogP contribution in [0.1, 0.15) is 42.9 Å². The number of unbranched alkanes of at least 4 members (excludes halogenated alkanes) is 2. The van der Waals surface area contributed by atoms with Gasteiger partial charge in [-0.15, -0.1) is 0 Å². The van der Waals surface area contributed by atoms with Gasteiger partial charge in [-0.1, -0.05) is 48.9 Å². The average molecular weight is 409 g/mol. The van der Waals surface area contributed by atoms with E-state index in [0.717, 1.165) is 0 Å². The standard InChI is InChI=1S/C23H23NO6/c25-17-12-10-15(11-13-17)20-19(21(28)16-7-3-1-4-8-16)22(29)23(30)24(20)14-6-2-5-9-18(26)27/h1,3-4,7-8,10-13,20,25,28H,2,5-6,9,14H2,(H,26,27)/t20-/m0/s1. The number of amides is 1. The fraction of sp³-hybridized carbons (Fsp3) is 0.261. The van der Waals surface area contributed by atoms with Crippen molar-refractivity contribution in [1.29, 1.82) is 0 Å². The molecule has 7 heteroatoms. The van der Waals surface area contributed by atoms with Gasteiger partial charge in [0.15, 0.2) is 0 Å². The van der Waals surface area contributed by atoms with Crippen molar-refractivity contribution in [2.45, 2.75) is 31.7 Å². The quantitative estimate of drug-likeness (QED) is 0.266. The molecule has 0 bridgehead atoms. The molecule has 0 radical (unpaired) electrons. The van der Waals surface area contributed by atoms with Gasteiger partial charge in [0.05, 0.1) is 11.6 Å². The Morgan fingerprint density at radius 3 is 2.20 bits per heavy atom. The highest BCUT2D eigenvalue weighted by atomic mass is 16.4. The summed E-state index contributed by atoms with van der Waals surface area (Å²) in [7, 11) is 0. The van der Waals surface area contributed by atoms with Crippen LogP contribution in [0.25, 0.3) is 5.76 Å². The molecule has 2 aromatic carbocycles. The van der Waals surface area contributed by atoms with E-state index in [4.69, 9.17) is 5.11 Å². The van der Waals surface area contributed by atoms with Crippen molar-refractivity contribution in [2.24, 2.45) is 0 Å². The number of carboxylic acids is 1. The summed E-state index contributed by atoms with van der Waals surface area (Å²) in [5.74, 6) is -2.54. The van der Waals surface area contributed by atoms with Gasteiger partial charge in [-0.25, -0.2) is 0 Å². The normalized spacial score (nSPS) is 18.0. The summed E-state index contributed by atoms with van der Waals surface area (Å²) < 4.78 is 0. The molecule has 156 valence electrons. The Labute approximate surface area is 173 Å². The first-order valence-electron chi connectivity index (χ1n) is 9.74. The van der Waals surface area contributed by atoms with Gasteiger partial charge in [0.2, 0.25) is 0 Å². The molecule has 1 amide bonds. The number of hydrogen-bond acceptors (Lipinski definition) is 5. The van der Waals surface area contributed by atoms with Gasteiger partial charge >= 0.3 is 5.97 Å². The van der Waals surface area contributed by atoms with Crippen LogP contribution in [0.3, 0.4) is 0 Å². The molecule has 0 aliphatic carbocycles. The molecule has 1 heterocycles. The number of carbonyl (C=O) groups is 3. The van der Waals surface area contributed by atoms with Crippen molar-refractivity contribution in [3.63, 3.8) is 0 Å². The maximum absolute atomic E-state index is 12.8. The van der Waals surface area contributed by atoms with E-state index in [1.165, 1.54) is 17.0 Å². The highest BCUT2D eigenvalue weighted by Crippen LogP contribution is 2.39. The highest BCUT2D eigenvalue weighted by Gasteiger charge is 2.45. The Morgan fingerprint density at radius 1 is 0.900 bits per heavy atom. The van der Waals surface area contributed by atoms with E-state index >= 15 is 0 Å². The second-order valence-electron chi connectivity index (χ2n) is 7.15. The molecular weight excluding hydrogens is 386 g/mol. The van der Waals surface area contributed by atoms with Gasteiger partial charge in [-0.3, -0.25) is 14.4 Å². The van der Waals surface area contributed by atoms with Crippen molar-refractivity contribution < 1.29 is 29.7 Å². The molecule has 1 atom stereocenters. The summed E-state index contributed by atoms with van der Waals surface area (Å²) in [6, 6.07) is 13.9. The van der Waals surface area contributed by atoms with Crippen LogP contribution >= 0.6 is 0 Å². The van der Waals surface area contributed by atoms with Gasteiger partial charge in [0.25, 0.3) is 11.7 Å². The Bertz CT molecular complexity index is 965. The lowest BCUT2D eigenvalue weighted by atomic mass is 9.95. The summed E-state index contributed by atoms with van der Waals surface area (Å²) in [5.41, 5.74) is 1.03. The van der Waals surface area contributed by atoms with E-state index < -0.39 is 23.7 Å². The Balaban J connectivity index is 1.95. The van der Waals surface area contributed by atoms with Crippen LogP contribution in [0.5, 0.6) is 5.75 Å². The second-order valence-corrected chi connectivity index (χ2v) is 7.15. The molecule has 3 N–H and O–H groups in total. The monoisotopic (exact) mass is 409 g/mol. The SMILES string of the molecule is O=C(O)CCCCCN1C(=O)C(=O)C(=C(O)c2ccccc2)[C@@H]1c1ccc(O)cc1. The molecule has 7 nitrogen and oxygen atoms in total. The summed E-state index contributed by atoms with van der Waals surface area (Å²) in [4.78, 5) is 37.7. The number of phenolic OH excluding ortho intramolecular Hbond substituents is 1. The third kappa shape index (κ3) is 4.51. The number of carboxylic acid groups (broad SMARTS) is 1. The molecule has 2 aromatic rings. The molecular formula is C23H23NO6. The number of likely N-dealkylation sites (tertiary alicyclic amines) is 1. The number of rotatable bonds is 8. The van der Waals surface area contributed by atoms with Gasteiger partial charge in [-0.05, 0) is 30.5 Å². The lowest BCUT2D eigenvalue weighted by Crippen LogP contribution is -2.30. The first-order valence-corrected chi connectivity index (χ1v) is 9.74. The van der Waals surface area contributed by atoms with Crippen molar-refractivity contribution in [3.05, 3.63) is 71.3 Å². The second kappa shape index (κ2) is 9.26. The summed E-state index contributed by atoms with van der Waals surface area (Å²) >= 11 is 0. The molecule has 3 rings (SSSR count). The summed E-state index contributed by atoms with van der Waals surface area (Å²) in [6.07, 6.45) is 1.65. The fourth-order valence-electron chi connectivity index (χ4n) is 3.60. The Kier molecular flexibility index (Phi) is 6.51. The minimum Gasteiger partial charge on any atom is -0.508 e. The van der Waals surface area contributed by atoms with Gasteiger partial charge in [-0.2, -0.15) is 0 Å². The number of ketones is 1. The van der Waals surface area contributed by atoms with Crippen molar-refractivity contribution >= 4 is 23.4 Å². The number of aliphatic carboxylic acids is 1. The smallest absolute Gasteiger partial charge is 0.303 e. The molecule has 0 aromatic heterocycles. The zero-order valence-electron chi connectivity index (χ0n) is 16.3. The third-order valence-electron chi connectivity index (χ3n) is 5.09. The number of hydrogen-bond donors (Lipinski definition) is 3. The van der Waals surface area contributed by atoms with E-state index in [2.05, 4.69) is 0 Å². The first kappa shape index (κ1) is 21.1. The lowest BCUT2D eigenvalue weighted by Gasteiger charge is -2.25. The number of Topliss-reactive ketones (excluding diaryl/α,β-unsaturated/α-hetero) is 1. The van der Waals surface area contributed by atoms with Gasteiger partial charge < -0.3 is 20.2 Å². The zero-order valence-corrected chi connectivity index (χ0v) is 16.3. The van der Waals surface area contributed by atoms with Crippen molar-refractivity contribution in [3.8, 4) is 5.75 Å². The predicted molar refractivity (Wildman–Crippen MR) is 110 cm³/mol. The van der Waals surface area contributed by atoms with E-state index in [-0.39, 0.29) is 30.0 Å². The van der Waals surface area contributed by atoms with E-state index in [9.17, 15) is 24.6 Å². The summed E-state index contributed by atoms with van der Waals surface area (Å²) in [6.45, 7) is 0.251. The molecule has 1 aliphatic heterocycles. The van der Waals surface area contributed by atoms with Crippen LogP contribution in [-0.4, -0.2) is 44.4 Å². The van der Waals surface area contributed by atoms with E-state index in [1.54, 1.807) is 42.5 Å². The van der Waals surface area contributed by atoms with Crippen LogP contribution in [0.4, 0.5) is 0 Å². The number of benzene rings is 2. The number of aliphatic hydroxyl groups is 1. The molecule has 1 saturated heterocycles. The Hall–Kier alpha value is -3.61. The first-order chi connectivity index (χ1) is 14.4. The number of aromatic hydroxyl groups is 1. The fourth-order valence-corrected chi connectivity index (χ4v) is 3.60. The highest BCUT2D eigenvalue weighted by molar-refractivity contribution is 6.46. The number of phenols is 1. The van der Waals surface area contributed by atoms with Crippen LogP contribution in [0.2, 0.25) is 0 Å². The van der Waals surface area contributed by atoms with Gasteiger partial charge in [0.1, 0.15) is 11.5 Å². The Morgan fingerprint density at radius 2 is 1.57 bits per heavy atom. The maximum Gasteiger partial charge on any atom is 0.303 e. The predicted octanol–water partition coefficient (Wildman–Crippen LogP) is 3.46. The van der Waals surface area contributed by atoms with Crippen LogP contribution in [0.15, 0.2) is 60.2 Å². The van der Waals surface area contributed by atoms with Crippen LogP contribution in [0, 0.1) is 0 Å². The summed E-state index contributed by atoms with van der Waals surface area (Å²) in [5, 5.41) is 29.2. The van der Waals surface area contributed by atoms with E-state index in [1.807, 2.05) is 0 Å². The molecule has 30 heavy (non-hydrogen) atoms. The minimum atomic E-state index is -0.873. The van der Waals surface area contributed by atoms with Gasteiger partial charge in [0, 0.05) is 18.5 Å². The van der Waals surface area contributed by atoms with Crippen LogP contribution in [-0.2, 0) is 14.4 Å². The molecule has 1 fully saturated rings. The minimum absolute atomic E-state index is 0.00225. The molecule has 0 spiro atoms. The number of carbonyl (C=O) groups excluding carboxylic acids is 2. The maximum atomic E-state index is 12.8. The molecule has 0 saturated carbocycles. The van der Waals surface area contributed by atoms with E-state index in [0.29, 0.717) is 30.4 Å². The van der Waals surface area contributed by atoms with Crippen molar-refractivity contribution in [2.75, 3.05) is 6.54 Å². The number of nitrogens with zero attached hydrogens (tertiary/aromatic N) is 1. The third-order valence-corrected chi connectivity index (χ3v) is 5.09. The lowest BCUT2D eigenvalue weighted by molar-refractivity contribution is -0.140. The van der Waals surface area contributed by atoms with Crippen LogP contribution < -0.4 is 0 Å². The average Bonchev–Trinajstić information content (AvgIpc) is 2.99. The van der Waals surface area contributed by atoms with Crippen molar-refractivity contribution in [1.82, 2.24) is 4.90 Å². The molecule has 0 unspecified atom stereocenters. The zero-order chi connectivity index (χ0) is 21.7.